The second-order valence-corrected chi connectivity index (χ2v) is 7.94. The normalized spacial score (nSPS) is 16.6. The Morgan fingerprint density at radius 2 is 1.94 bits per heavy atom. The Labute approximate surface area is 178 Å². The molecule has 1 atom stereocenters. The summed E-state index contributed by atoms with van der Waals surface area (Å²) in [6, 6.07) is 11.0. The average molecular weight is 428 g/mol. The Balaban J connectivity index is 1.44. The summed E-state index contributed by atoms with van der Waals surface area (Å²) >= 11 is 0. The van der Waals surface area contributed by atoms with Crippen molar-refractivity contribution in [3.05, 3.63) is 82.9 Å². The molecule has 1 fully saturated rings. The maximum Gasteiger partial charge on any atom is 0.416 e. The number of nitrogens with zero attached hydrogens (tertiary/aromatic N) is 4. The van der Waals surface area contributed by atoms with Gasteiger partial charge in [0.05, 0.1) is 5.56 Å². The number of hydrogen-bond acceptors (Lipinski definition) is 3. The molecule has 1 aliphatic heterocycles. The van der Waals surface area contributed by atoms with E-state index in [2.05, 4.69) is 10.1 Å². The number of alkyl halides is 3. The Morgan fingerprint density at radius 1 is 1.16 bits per heavy atom. The Morgan fingerprint density at radius 3 is 2.61 bits per heavy atom. The largest absolute Gasteiger partial charge is 0.416 e. The molecule has 1 aromatic carbocycles. The molecule has 162 valence electrons. The summed E-state index contributed by atoms with van der Waals surface area (Å²) < 4.78 is 39.9. The van der Waals surface area contributed by atoms with Crippen molar-refractivity contribution in [2.45, 2.75) is 38.4 Å². The number of amides is 1. The summed E-state index contributed by atoms with van der Waals surface area (Å²) in [6.45, 7) is 3.42. The van der Waals surface area contributed by atoms with Gasteiger partial charge in [-0.15, -0.1) is 0 Å². The van der Waals surface area contributed by atoms with E-state index in [1.807, 2.05) is 24.0 Å². The highest BCUT2D eigenvalue weighted by Gasteiger charge is 2.30. The van der Waals surface area contributed by atoms with Gasteiger partial charge in [-0.2, -0.15) is 18.3 Å². The van der Waals surface area contributed by atoms with Crippen LogP contribution in [0.2, 0.25) is 0 Å². The minimum atomic E-state index is -4.33. The molecular weight excluding hydrogens is 405 g/mol. The first-order chi connectivity index (χ1) is 14.8. The van der Waals surface area contributed by atoms with Gasteiger partial charge in [0, 0.05) is 42.8 Å². The number of halogens is 3. The highest BCUT2D eigenvalue weighted by atomic mass is 19.4. The van der Waals surface area contributed by atoms with Crippen LogP contribution in [0.4, 0.5) is 13.2 Å². The molecule has 0 aliphatic carbocycles. The quantitative estimate of drug-likeness (QED) is 0.612. The predicted octanol–water partition coefficient (Wildman–Crippen LogP) is 4.21. The number of benzene rings is 1. The van der Waals surface area contributed by atoms with E-state index in [1.165, 1.54) is 12.1 Å². The first-order valence-corrected chi connectivity index (χ1v) is 10.2. The monoisotopic (exact) mass is 428 g/mol. The summed E-state index contributed by atoms with van der Waals surface area (Å²) in [5, 5.41) is 4.08. The van der Waals surface area contributed by atoms with Crippen molar-refractivity contribution in [1.82, 2.24) is 19.7 Å². The van der Waals surface area contributed by atoms with Gasteiger partial charge in [-0.25, -0.2) is 0 Å². The van der Waals surface area contributed by atoms with Crippen LogP contribution in [-0.2, 0) is 23.9 Å². The van der Waals surface area contributed by atoms with Crippen LogP contribution in [0.5, 0.6) is 0 Å². The van der Waals surface area contributed by atoms with Crippen molar-refractivity contribution < 1.29 is 18.0 Å². The van der Waals surface area contributed by atoms with Gasteiger partial charge < -0.3 is 4.90 Å². The fourth-order valence-corrected chi connectivity index (χ4v) is 3.99. The third-order valence-corrected chi connectivity index (χ3v) is 5.54. The molecule has 1 saturated heterocycles. The molecule has 3 aromatic rings. The predicted molar refractivity (Wildman–Crippen MR) is 109 cm³/mol. The van der Waals surface area contributed by atoms with Crippen molar-refractivity contribution in [3.8, 4) is 0 Å². The summed E-state index contributed by atoms with van der Waals surface area (Å²) in [5.41, 5.74) is 2.96. The number of rotatable bonds is 5. The van der Waals surface area contributed by atoms with Crippen molar-refractivity contribution in [3.63, 3.8) is 0 Å². The molecule has 1 amide bonds. The summed E-state index contributed by atoms with van der Waals surface area (Å²) in [5.74, 6) is 0.177. The lowest BCUT2D eigenvalue weighted by atomic mass is 9.98. The Kier molecular flexibility index (Phi) is 5.80. The molecule has 0 radical (unpaired) electrons. The van der Waals surface area contributed by atoms with E-state index in [0.29, 0.717) is 19.5 Å². The van der Waals surface area contributed by atoms with Crippen molar-refractivity contribution in [2.75, 3.05) is 13.1 Å². The number of aromatic nitrogens is 3. The number of pyridine rings is 1. The lowest BCUT2D eigenvalue weighted by Gasteiger charge is -2.17. The van der Waals surface area contributed by atoms with Gasteiger partial charge in [-0.3, -0.25) is 14.5 Å². The van der Waals surface area contributed by atoms with E-state index in [1.54, 1.807) is 23.1 Å². The van der Waals surface area contributed by atoms with E-state index >= 15 is 0 Å². The van der Waals surface area contributed by atoms with Gasteiger partial charge in [0.25, 0.3) is 0 Å². The molecule has 4 rings (SSSR count). The van der Waals surface area contributed by atoms with E-state index in [4.69, 9.17) is 0 Å². The van der Waals surface area contributed by atoms with Crippen molar-refractivity contribution in [2.24, 2.45) is 0 Å². The van der Waals surface area contributed by atoms with E-state index in [0.717, 1.165) is 41.1 Å². The van der Waals surface area contributed by atoms with Crippen LogP contribution in [0.3, 0.4) is 0 Å². The fourth-order valence-electron chi connectivity index (χ4n) is 3.99. The highest BCUT2D eigenvalue weighted by Crippen LogP contribution is 2.30. The van der Waals surface area contributed by atoms with E-state index in [-0.39, 0.29) is 18.4 Å². The zero-order chi connectivity index (χ0) is 22.0. The summed E-state index contributed by atoms with van der Waals surface area (Å²) in [6.07, 6.45) is 0.447. The van der Waals surface area contributed by atoms with E-state index < -0.39 is 11.7 Å². The van der Waals surface area contributed by atoms with E-state index in [9.17, 15) is 18.0 Å². The zero-order valence-electron chi connectivity index (χ0n) is 17.1. The van der Waals surface area contributed by atoms with Crippen LogP contribution >= 0.6 is 0 Å². The fraction of sp³-hybridized carbons (Fsp3) is 0.348. The van der Waals surface area contributed by atoms with Gasteiger partial charge in [0.15, 0.2) is 0 Å². The topological polar surface area (TPSA) is 51.0 Å². The first kappa shape index (κ1) is 21.1. The lowest BCUT2D eigenvalue weighted by molar-refractivity contribution is -0.137. The molecule has 5 nitrogen and oxygen atoms in total. The smallest absolute Gasteiger partial charge is 0.340 e. The number of carbonyl (C=O) groups is 1. The van der Waals surface area contributed by atoms with Gasteiger partial charge in [0.1, 0.15) is 6.54 Å². The molecular formula is C23H23F3N4O. The number of carbonyl (C=O) groups excluding carboxylic acids is 1. The molecule has 8 heteroatoms. The minimum Gasteiger partial charge on any atom is -0.340 e. The van der Waals surface area contributed by atoms with Crippen LogP contribution in [-0.4, -0.2) is 38.7 Å². The molecule has 1 aliphatic rings. The Hall–Kier alpha value is -3.16. The molecule has 2 aromatic heterocycles. The van der Waals surface area contributed by atoms with Gasteiger partial charge in [-0.1, -0.05) is 12.1 Å². The van der Waals surface area contributed by atoms with Crippen LogP contribution in [0.1, 0.15) is 40.4 Å². The second kappa shape index (κ2) is 8.53. The zero-order valence-corrected chi connectivity index (χ0v) is 17.1. The summed E-state index contributed by atoms with van der Waals surface area (Å²) in [4.78, 5) is 19.0. The molecule has 31 heavy (non-hydrogen) atoms. The molecule has 3 heterocycles. The first-order valence-electron chi connectivity index (χ1n) is 10.2. The maximum atomic E-state index is 12.8. The molecule has 0 spiro atoms. The maximum absolute atomic E-state index is 12.8. The lowest BCUT2D eigenvalue weighted by Crippen LogP contribution is -2.31. The van der Waals surface area contributed by atoms with Crippen LogP contribution in [0.15, 0.2) is 54.9 Å². The van der Waals surface area contributed by atoms with Crippen LogP contribution in [0, 0.1) is 6.92 Å². The van der Waals surface area contributed by atoms with Crippen molar-refractivity contribution in [1.29, 1.82) is 0 Å². The molecule has 0 bridgehead atoms. The Bertz CT molecular complexity index is 1050. The third-order valence-electron chi connectivity index (χ3n) is 5.54. The average Bonchev–Trinajstić information content (AvgIpc) is 3.39. The van der Waals surface area contributed by atoms with Gasteiger partial charge in [0.2, 0.25) is 5.91 Å². The SMILES string of the molecule is Cc1cc(Cc2ccc(C(F)(F)F)cc2)cc([C@@H]2CCN(C(=O)Cn3cccn3)C2)n1. The molecule has 0 saturated carbocycles. The third kappa shape index (κ3) is 5.13. The van der Waals surface area contributed by atoms with Crippen LogP contribution < -0.4 is 0 Å². The molecule has 0 unspecified atom stereocenters. The number of likely N-dealkylation sites (tertiary alicyclic amines) is 1. The standard InChI is InChI=1S/C23H23F3N4O/c1-16-11-18(12-17-3-5-20(6-4-17)23(24,25)26)13-21(28-16)19-7-10-29(14-19)22(31)15-30-9-2-8-27-30/h2-6,8-9,11,13,19H,7,10,12,14-15H2,1H3/t19-/m1/s1. The second-order valence-electron chi connectivity index (χ2n) is 7.94. The van der Waals surface area contributed by atoms with Crippen molar-refractivity contribution >= 4 is 5.91 Å². The van der Waals surface area contributed by atoms with Gasteiger partial charge >= 0.3 is 6.18 Å². The number of aryl methyl sites for hydroxylation is 1. The minimum absolute atomic E-state index is 0.0313. The van der Waals surface area contributed by atoms with Crippen LogP contribution in [0.25, 0.3) is 0 Å². The van der Waals surface area contributed by atoms with Gasteiger partial charge in [-0.05, 0) is 61.2 Å². The number of hydrogen-bond donors (Lipinski definition) is 0. The summed E-state index contributed by atoms with van der Waals surface area (Å²) in [7, 11) is 0. The highest BCUT2D eigenvalue weighted by molar-refractivity contribution is 5.76. The molecule has 0 N–H and O–H groups in total.